The number of hydrogen-bond donors (Lipinski definition) is 0. The molecular formula is C27H36F4O. The summed E-state index contributed by atoms with van der Waals surface area (Å²) in [7, 11) is 0. The van der Waals surface area contributed by atoms with Gasteiger partial charge < -0.3 is 4.74 Å². The molecule has 32 heavy (non-hydrogen) atoms. The van der Waals surface area contributed by atoms with Gasteiger partial charge in [0.15, 0.2) is 11.6 Å². The van der Waals surface area contributed by atoms with Crippen molar-refractivity contribution in [2.24, 2.45) is 17.8 Å². The molecule has 1 aromatic rings. The van der Waals surface area contributed by atoms with Crippen LogP contribution in [0.5, 0.6) is 5.75 Å². The molecule has 2 fully saturated rings. The molecule has 0 saturated heterocycles. The Labute approximate surface area is 189 Å². The van der Waals surface area contributed by atoms with Crippen molar-refractivity contribution in [1.29, 1.82) is 0 Å². The van der Waals surface area contributed by atoms with Gasteiger partial charge in [-0.05, 0) is 112 Å². The second-order valence-electron chi connectivity index (χ2n) is 9.66. The first kappa shape index (κ1) is 24.9. The summed E-state index contributed by atoms with van der Waals surface area (Å²) in [6.07, 6.45) is 12.6. The third-order valence-electron chi connectivity index (χ3n) is 7.38. The van der Waals surface area contributed by atoms with Crippen LogP contribution in [0.2, 0.25) is 0 Å². The van der Waals surface area contributed by atoms with Crippen LogP contribution >= 0.6 is 0 Å². The van der Waals surface area contributed by atoms with Crippen molar-refractivity contribution in [3.63, 3.8) is 0 Å². The molecule has 5 heteroatoms. The Morgan fingerprint density at radius 2 is 1.59 bits per heavy atom. The molecule has 0 amide bonds. The summed E-state index contributed by atoms with van der Waals surface area (Å²) in [6.45, 7) is 6.30. The monoisotopic (exact) mass is 452 g/mol. The first-order valence-corrected chi connectivity index (χ1v) is 12.1. The van der Waals surface area contributed by atoms with Gasteiger partial charge in [0.2, 0.25) is 0 Å². The fourth-order valence-corrected chi connectivity index (χ4v) is 5.19. The van der Waals surface area contributed by atoms with Crippen molar-refractivity contribution >= 4 is 0 Å². The first-order valence-electron chi connectivity index (χ1n) is 12.1. The van der Waals surface area contributed by atoms with E-state index in [-0.39, 0.29) is 5.92 Å². The summed E-state index contributed by atoms with van der Waals surface area (Å²) in [6, 6.07) is 3.87. The van der Waals surface area contributed by atoms with E-state index in [1.165, 1.54) is 50.2 Å². The minimum absolute atomic E-state index is 0.197. The highest BCUT2D eigenvalue weighted by molar-refractivity contribution is 5.31. The van der Waals surface area contributed by atoms with Crippen molar-refractivity contribution in [3.8, 4) is 5.75 Å². The quantitative estimate of drug-likeness (QED) is 0.282. The number of allylic oxidation sites excluding steroid dienone is 3. The van der Waals surface area contributed by atoms with E-state index in [9.17, 15) is 17.6 Å². The second kappa shape index (κ2) is 11.4. The lowest BCUT2D eigenvalue weighted by atomic mass is 9.76. The van der Waals surface area contributed by atoms with Crippen LogP contribution in [0, 0.1) is 23.6 Å². The molecule has 0 radical (unpaired) electrons. The van der Waals surface area contributed by atoms with E-state index < -0.39 is 17.9 Å². The summed E-state index contributed by atoms with van der Waals surface area (Å²) < 4.78 is 54.7. The zero-order valence-electron chi connectivity index (χ0n) is 19.1. The van der Waals surface area contributed by atoms with E-state index in [0.29, 0.717) is 11.8 Å². The molecule has 0 N–H and O–H groups in total. The first-order chi connectivity index (χ1) is 15.2. The maximum Gasteiger partial charge on any atom is 0.573 e. The van der Waals surface area contributed by atoms with Crippen molar-refractivity contribution in [3.05, 3.63) is 53.9 Å². The molecule has 2 aliphatic carbocycles. The normalized spacial score (nSPS) is 26.9. The lowest BCUT2D eigenvalue weighted by molar-refractivity contribution is -0.275. The molecular weight excluding hydrogens is 416 g/mol. The Bertz CT molecular complexity index is 766. The minimum atomic E-state index is -4.88. The highest BCUT2D eigenvalue weighted by atomic mass is 19.4. The lowest BCUT2D eigenvalue weighted by Crippen LogP contribution is -2.18. The average Bonchev–Trinajstić information content (AvgIpc) is 2.77. The molecule has 0 heterocycles. The van der Waals surface area contributed by atoms with Gasteiger partial charge >= 0.3 is 6.36 Å². The Balaban J connectivity index is 1.41. The smallest absolute Gasteiger partial charge is 0.403 e. The maximum atomic E-state index is 14.0. The summed E-state index contributed by atoms with van der Waals surface area (Å²) in [5, 5.41) is 0. The predicted octanol–water partition coefficient (Wildman–Crippen LogP) is 9.11. The van der Waals surface area contributed by atoms with Gasteiger partial charge in [-0.2, -0.15) is 0 Å². The number of rotatable bonds is 8. The Morgan fingerprint density at radius 3 is 2.12 bits per heavy atom. The van der Waals surface area contributed by atoms with Crippen molar-refractivity contribution in [1.82, 2.24) is 0 Å². The van der Waals surface area contributed by atoms with Gasteiger partial charge in [0.1, 0.15) is 0 Å². The highest BCUT2D eigenvalue weighted by Gasteiger charge is 2.32. The van der Waals surface area contributed by atoms with Gasteiger partial charge in [-0.25, -0.2) is 4.39 Å². The van der Waals surface area contributed by atoms with Crippen LogP contribution in [0.4, 0.5) is 17.6 Å². The summed E-state index contributed by atoms with van der Waals surface area (Å²) in [5.41, 5.74) is 2.14. The molecule has 2 aliphatic rings. The van der Waals surface area contributed by atoms with Gasteiger partial charge in [0.05, 0.1) is 0 Å². The molecule has 0 aromatic heterocycles. The molecule has 0 spiro atoms. The van der Waals surface area contributed by atoms with Crippen LogP contribution in [-0.4, -0.2) is 6.36 Å². The number of benzene rings is 1. The third-order valence-corrected chi connectivity index (χ3v) is 7.38. The minimum Gasteiger partial charge on any atom is -0.403 e. The molecule has 1 aromatic carbocycles. The zero-order valence-corrected chi connectivity index (χ0v) is 19.1. The lowest BCUT2D eigenvalue weighted by Gasteiger charge is -2.29. The molecule has 0 bridgehead atoms. The van der Waals surface area contributed by atoms with Crippen molar-refractivity contribution < 1.29 is 22.3 Å². The molecule has 3 rings (SSSR count). The predicted molar refractivity (Wildman–Crippen MR) is 121 cm³/mol. The van der Waals surface area contributed by atoms with Gasteiger partial charge in [-0.15, -0.1) is 13.2 Å². The molecule has 2 saturated carbocycles. The zero-order chi connectivity index (χ0) is 23.1. The van der Waals surface area contributed by atoms with Gasteiger partial charge in [-0.3, -0.25) is 0 Å². The second-order valence-corrected chi connectivity index (χ2v) is 9.66. The molecule has 0 unspecified atom stereocenters. The van der Waals surface area contributed by atoms with Crippen molar-refractivity contribution in [2.75, 3.05) is 0 Å². The van der Waals surface area contributed by atoms with Gasteiger partial charge in [0.25, 0.3) is 0 Å². The molecule has 178 valence electrons. The molecule has 0 aliphatic heterocycles. The van der Waals surface area contributed by atoms with Crippen molar-refractivity contribution in [2.45, 2.75) is 89.8 Å². The van der Waals surface area contributed by atoms with E-state index in [4.69, 9.17) is 0 Å². The van der Waals surface area contributed by atoms with E-state index in [1.54, 1.807) is 6.07 Å². The van der Waals surface area contributed by atoms with E-state index in [1.807, 2.05) is 0 Å². The van der Waals surface area contributed by atoms with Gasteiger partial charge in [0, 0.05) is 0 Å². The van der Waals surface area contributed by atoms with Gasteiger partial charge in [-0.1, -0.05) is 37.3 Å². The van der Waals surface area contributed by atoms with E-state index >= 15 is 0 Å². The number of hydrogen-bond acceptors (Lipinski definition) is 1. The Hall–Kier alpha value is -1.78. The fourth-order valence-electron chi connectivity index (χ4n) is 5.19. The van der Waals surface area contributed by atoms with Crippen LogP contribution in [0.25, 0.3) is 0 Å². The van der Waals surface area contributed by atoms with Crippen LogP contribution in [0.15, 0.2) is 42.5 Å². The van der Waals surface area contributed by atoms with E-state index in [0.717, 1.165) is 49.7 Å². The van der Waals surface area contributed by atoms with Crippen LogP contribution in [0.3, 0.4) is 0 Å². The number of ether oxygens (including phenoxy) is 1. The van der Waals surface area contributed by atoms with Crippen LogP contribution in [0.1, 0.15) is 89.0 Å². The third kappa shape index (κ3) is 7.67. The van der Waals surface area contributed by atoms with Crippen LogP contribution in [-0.2, 0) is 0 Å². The topological polar surface area (TPSA) is 9.23 Å². The Morgan fingerprint density at radius 1 is 1.00 bits per heavy atom. The Kier molecular flexibility index (Phi) is 8.84. The maximum absolute atomic E-state index is 14.0. The number of halogens is 4. The summed E-state index contributed by atoms with van der Waals surface area (Å²) in [4.78, 5) is 0. The van der Waals surface area contributed by atoms with Crippen LogP contribution < -0.4 is 4.74 Å². The molecule has 1 nitrogen and oxygen atoms in total. The summed E-state index contributed by atoms with van der Waals surface area (Å²) in [5.74, 6) is 0.580. The SMILES string of the molecule is C=C(CC)CCC1CCC(/C=C/C2CCC(c3ccc(OC(F)(F)F)c(F)c3)CC2)CC1. The fraction of sp³-hybridized carbons (Fsp3) is 0.630. The largest absolute Gasteiger partial charge is 0.573 e. The standard InChI is InChI=1S/C27H36F4O/c1-3-19(2)4-5-20-6-8-21(9-7-20)10-11-22-12-14-23(15-13-22)24-16-17-26(25(28)18-24)32-27(29,30)31/h10-11,16-18,20-23H,2-9,12-15H2,1H3/b11-10+. The highest BCUT2D eigenvalue weighted by Crippen LogP contribution is 2.39. The number of alkyl halides is 3. The van der Waals surface area contributed by atoms with E-state index in [2.05, 4.69) is 30.4 Å². The molecule has 0 atom stereocenters. The summed E-state index contributed by atoms with van der Waals surface area (Å²) >= 11 is 0. The average molecular weight is 453 g/mol.